The van der Waals surface area contributed by atoms with Crippen LogP contribution in [0.2, 0.25) is 0 Å². The molecule has 1 saturated heterocycles. The second kappa shape index (κ2) is 7.66. The van der Waals surface area contributed by atoms with Crippen molar-refractivity contribution in [2.24, 2.45) is 5.73 Å². The number of nitrogens with two attached hydrogens (primary N) is 1. The van der Waals surface area contributed by atoms with Crippen LogP contribution in [0, 0.1) is 0 Å². The number of nitrogens with zero attached hydrogens (tertiary/aromatic N) is 1. The normalized spacial score (nSPS) is 22.2. The smallest absolute Gasteiger partial charge is 0.319 e. The van der Waals surface area contributed by atoms with Crippen LogP contribution in [0.15, 0.2) is 24.3 Å². The number of carbonyl (C=O) groups excluding carboxylic acids is 2. The van der Waals surface area contributed by atoms with Gasteiger partial charge in [-0.1, -0.05) is 25.3 Å². The number of anilines is 1. The number of primary amides is 1. The number of likely N-dealkylation sites (tertiary alicyclic amines) is 1. The summed E-state index contributed by atoms with van der Waals surface area (Å²) in [4.78, 5) is 25.9. The number of carbonyl (C=O) groups is 2. The Balaban J connectivity index is 1.48. The molecular weight excluding hydrogens is 304 g/mol. The predicted octanol–water partition coefficient (Wildman–Crippen LogP) is 2.31. The Morgan fingerprint density at radius 2 is 1.92 bits per heavy atom. The third kappa shape index (κ3) is 4.26. The molecule has 4 N–H and O–H groups in total. The molecule has 2 fully saturated rings. The van der Waals surface area contributed by atoms with Crippen molar-refractivity contribution >= 4 is 17.6 Å². The van der Waals surface area contributed by atoms with Crippen LogP contribution < -0.4 is 16.4 Å². The minimum absolute atomic E-state index is 0.186. The van der Waals surface area contributed by atoms with Gasteiger partial charge in [-0.2, -0.15) is 0 Å². The average Bonchev–Trinajstić information content (AvgIpc) is 3.04. The lowest BCUT2D eigenvalue weighted by molar-refractivity contribution is 0.1000. The molecule has 1 aromatic carbocycles. The van der Waals surface area contributed by atoms with E-state index in [9.17, 15) is 9.59 Å². The first-order valence-electron chi connectivity index (χ1n) is 8.83. The van der Waals surface area contributed by atoms with Gasteiger partial charge in [-0.3, -0.25) is 9.69 Å². The summed E-state index contributed by atoms with van der Waals surface area (Å²) in [6.07, 6.45) is 7.59. The van der Waals surface area contributed by atoms with E-state index in [-0.39, 0.29) is 12.1 Å². The van der Waals surface area contributed by atoms with Crippen molar-refractivity contribution in [1.29, 1.82) is 0 Å². The zero-order valence-corrected chi connectivity index (χ0v) is 14.0. The molecule has 0 aromatic heterocycles. The average molecular weight is 330 g/mol. The van der Waals surface area contributed by atoms with Gasteiger partial charge in [0.15, 0.2) is 0 Å². The van der Waals surface area contributed by atoms with E-state index in [4.69, 9.17) is 5.73 Å². The van der Waals surface area contributed by atoms with Gasteiger partial charge in [0, 0.05) is 36.4 Å². The van der Waals surface area contributed by atoms with Crippen molar-refractivity contribution in [3.8, 4) is 0 Å². The number of benzene rings is 1. The lowest BCUT2D eigenvalue weighted by Gasteiger charge is -2.31. The number of hydrogen-bond acceptors (Lipinski definition) is 3. The van der Waals surface area contributed by atoms with Crippen molar-refractivity contribution in [3.05, 3.63) is 29.8 Å². The van der Waals surface area contributed by atoms with Crippen LogP contribution in [0.25, 0.3) is 0 Å². The van der Waals surface area contributed by atoms with Crippen LogP contribution in [0.3, 0.4) is 0 Å². The van der Waals surface area contributed by atoms with Gasteiger partial charge in [-0.15, -0.1) is 0 Å². The van der Waals surface area contributed by atoms with E-state index in [1.807, 2.05) is 0 Å². The van der Waals surface area contributed by atoms with Crippen molar-refractivity contribution in [2.45, 2.75) is 50.6 Å². The Morgan fingerprint density at radius 3 is 2.67 bits per heavy atom. The van der Waals surface area contributed by atoms with Gasteiger partial charge in [0.1, 0.15) is 0 Å². The first-order chi connectivity index (χ1) is 11.6. The van der Waals surface area contributed by atoms with Gasteiger partial charge >= 0.3 is 6.03 Å². The molecule has 130 valence electrons. The number of urea groups is 1. The monoisotopic (exact) mass is 330 g/mol. The number of amides is 3. The quantitative estimate of drug-likeness (QED) is 0.791. The highest BCUT2D eigenvalue weighted by Crippen LogP contribution is 2.25. The molecule has 2 aliphatic rings. The fraction of sp³-hybridized carbons (Fsp3) is 0.556. The highest BCUT2D eigenvalue weighted by Gasteiger charge is 2.29. The highest BCUT2D eigenvalue weighted by atomic mass is 16.2. The molecule has 0 bridgehead atoms. The maximum absolute atomic E-state index is 12.2. The predicted molar refractivity (Wildman–Crippen MR) is 94.0 cm³/mol. The lowest BCUT2D eigenvalue weighted by atomic mass is 9.94. The van der Waals surface area contributed by atoms with E-state index in [2.05, 4.69) is 15.5 Å². The Labute approximate surface area is 142 Å². The van der Waals surface area contributed by atoms with Crippen LogP contribution in [0.5, 0.6) is 0 Å². The van der Waals surface area contributed by atoms with Gasteiger partial charge in [-0.05, 0) is 37.5 Å². The molecule has 0 radical (unpaired) electrons. The third-order valence-corrected chi connectivity index (χ3v) is 5.05. The zero-order valence-electron chi connectivity index (χ0n) is 14.0. The van der Waals surface area contributed by atoms with E-state index in [1.54, 1.807) is 24.3 Å². The summed E-state index contributed by atoms with van der Waals surface area (Å²) in [5, 5.41) is 5.82. The molecule has 24 heavy (non-hydrogen) atoms. The third-order valence-electron chi connectivity index (χ3n) is 5.05. The molecule has 1 aromatic rings. The Bertz CT molecular complexity index is 598. The lowest BCUT2D eigenvalue weighted by Crippen LogP contribution is -2.42. The molecule has 3 amide bonds. The van der Waals surface area contributed by atoms with Crippen LogP contribution in [-0.2, 0) is 0 Å². The second-order valence-electron chi connectivity index (χ2n) is 6.82. The van der Waals surface area contributed by atoms with Crippen molar-refractivity contribution < 1.29 is 9.59 Å². The Kier molecular flexibility index (Phi) is 5.35. The SMILES string of the molecule is NC(=O)c1cccc(NC(=O)NC2CCN(C3CCCCC3)C2)c1. The summed E-state index contributed by atoms with van der Waals surface area (Å²) in [7, 11) is 0. The minimum atomic E-state index is -0.502. The largest absolute Gasteiger partial charge is 0.366 e. The molecule has 0 spiro atoms. The molecule has 1 saturated carbocycles. The first kappa shape index (κ1) is 16.8. The minimum Gasteiger partial charge on any atom is -0.366 e. The maximum Gasteiger partial charge on any atom is 0.319 e. The molecule has 3 rings (SSSR count). The molecule has 6 nitrogen and oxygen atoms in total. The van der Waals surface area contributed by atoms with Gasteiger partial charge in [0.25, 0.3) is 0 Å². The summed E-state index contributed by atoms with van der Waals surface area (Å²) in [6.45, 7) is 1.99. The van der Waals surface area contributed by atoms with E-state index in [1.165, 1.54) is 32.1 Å². The standard InChI is InChI=1S/C18H26N4O2/c19-17(23)13-5-4-6-14(11-13)20-18(24)21-15-9-10-22(12-15)16-7-2-1-3-8-16/h4-6,11,15-16H,1-3,7-10,12H2,(H2,19,23)(H2,20,21,24). The summed E-state index contributed by atoms with van der Waals surface area (Å²) >= 11 is 0. The van der Waals surface area contributed by atoms with E-state index in [0.29, 0.717) is 17.3 Å². The number of hydrogen-bond donors (Lipinski definition) is 3. The number of rotatable bonds is 4. The second-order valence-corrected chi connectivity index (χ2v) is 6.82. The molecule has 1 aliphatic carbocycles. The molecule has 1 aliphatic heterocycles. The Hall–Kier alpha value is -2.08. The Morgan fingerprint density at radius 1 is 1.12 bits per heavy atom. The van der Waals surface area contributed by atoms with Crippen LogP contribution in [0.4, 0.5) is 10.5 Å². The van der Waals surface area contributed by atoms with Gasteiger partial charge in [0.2, 0.25) is 5.91 Å². The number of nitrogens with one attached hydrogen (secondary N) is 2. The van der Waals surface area contributed by atoms with Crippen molar-refractivity contribution in [3.63, 3.8) is 0 Å². The molecular formula is C18H26N4O2. The molecule has 6 heteroatoms. The summed E-state index contributed by atoms with van der Waals surface area (Å²) in [6, 6.07) is 7.32. The van der Waals surface area contributed by atoms with Crippen LogP contribution >= 0.6 is 0 Å². The molecule has 1 heterocycles. The molecule has 1 atom stereocenters. The van der Waals surface area contributed by atoms with Crippen LogP contribution in [-0.4, -0.2) is 42.0 Å². The van der Waals surface area contributed by atoms with E-state index >= 15 is 0 Å². The van der Waals surface area contributed by atoms with E-state index in [0.717, 1.165) is 19.5 Å². The highest BCUT2D eigenvalue weighted by molar-refractivity contribution is 5.95. The maximum atomic E-state index is 12.2. The van der Waals surface area contributed by atoms with Gasteiger partial charge < -0.3 is 16.4 Å². The van der Waals surface area contributed by atoms with E-state index < -0.39 is 5.91 Å². The van der Waals surface area contributed by atoms with Gasteiger partial charge in [-0.25, -0.2) is 4.79 Å². The summed E-state index contributed by atoms with van der Waals surface area (Å²) < 4.78 is 0. The summed E-state index contributed by atoms with van der Waals surface area (Å²) in [5.74, 6) is -0.502. The topological polar surface area (TPSA) is 87.5 Å². The zero-order chi connectivity index (χ0) is 16.9. The fourth-order valence-corrected chi connectivity index (χ4v) is 3.79. The fourth-order valence-electron chi connectivity index (χ4n) is 3.79. The van der Waals surface area contributed by atoms with Crippen molar-refractivity contribution in [2.75, 3.05) is 18.4 Å². The summed E-state index contributed by atoms with van der Waals surface area (Å²) in [5.41, 5.74) is 6.22. The van der Waals surface area contributed by atoms with Crippen molar-refractivity contribution in [1.82, 2.24) is 10.2 Å². The van der Waals surface area contributed by atoms with Crippen LogP contribution in [0.1, 0.15) is 48.9 Å². The molecule has 1 unspecified atom stereocenters. The first-order valence-corrected chi connectivity index (χ1v) is 8.83. The van der Waals surface area contributed by atoms with Gasteiger partial charge in [0.05, 0.1) is 0 Å².